The van der Waals surface area contributed by atoms with Gasteiger partial charge in [0.25, 0.3) is 5.91 Å². The lowest BCUT2D eigenvalue weighted by Gasteiger charge is -2.05. The zero-order chi connectivity index (χ0) is 10.8. The monoisotopic (exact) mass is 205 g/mol. The van der Waals surface area contributed by atoms with Crippen LogP contribution in [0.2, 0.25) is 0 Å². The van der Waals surface area contributed by atoms with Crippen molar-refractivity contribution in [2.45, 2.75) is 25.8 Å². The first-order valence-electron chi connectivity index (χ1n) is 4.79. The Balaban J connectivity index is 2.35. The van der Waals surface area contributed by atoms with Crippen LogP contribution in [0.4, 0.5) is 5.82 Å². The molecule has 0 spiro atoms. The van der Waals surface area contributed by atoms with E-state index in [0.29, 0.717) is 18.7 Å². The first-order valence-corrected chi connectivity index (χ1v) is 4.79. The average Bonchev–Trinajstić information content (AvgIpc) is 2.36. The molecule has 1 aliphatic rings. The molecule has 1 N–H and O–H groups in total. The summed E-state index contributed by atoms with van der Waals surface area (Å²) in [5, 5.41) is 5.41. The summed E-state index contributed by atoms with van der Waals surface area (Å²) in [5.74, 6) is 0.192. The number of aryl methyl sites for hydroxylation is 2. The topological polar surface area (TPSA) is 71.4 Å². The SMILES string of the molecule is Cc1cnc2c(c1)CCC(N=O)C(=O)N2. The number of hydrogen-bond donors (Lipinski definition) is 1. The lowest BCUT2D eigenvalue weighted by atomic mass is 10.1. The normalized spacial score (nSPS) is 20.1. The molecule has 5 heteroatoms. The highest BCUT2D eigenvalue weighted by Gasteiger charge is 2.24. The molecule has 0 aromatic carbocycles. The summed E-state index contributed by atoms with van der Waals surface area (Å²) >= 11 is 0. The summed E-state index contributed by atoms with van der Waals surface area (Å²) in [6.45, 7) is 1.94. The molecule has 1 aliphatic heterocycles. The molecule has 0 bridgehead atoms. The van der Waals surface area contributed by atoms with Gasteiger partial charge in [-0.2, -0.15) is 0 Å². The quantitative estimate of drug-likeness (QED) is 0.704. The number of hydrogen-bond acceptors (Lipinski definition) is 4. The summed E-state index contributed by atoms with van der Waals surface area (Å²) in [7, 11) is 0. The first-order chi connectivity index (χ1) is 7.20. The van der Waals surface area contributed by atoms with Crippen molar-refractivity contribution >= 4 is 11.7 Å². The fourth-order valence-corrected chi connectivity index (χ4v) is 1.66. The molecule has 2 rings (SSSR count). The van der Waals surface area contributed by atoms with Gasteiger partial charge in [-0.1, -0.05) is 11.2 Å². The summed E-state index contributed by atoms with van der Waals surface area (Å²) in [6, 6.07) is 1.18. The minimum Gasteiger partial charge on any atom is -0.308 e. The van der Waals surface area contributed by atoms with Crippen LogP contribution >= 0.6 is 0 Å². The van der Waals surface area contributed by atoms with Crippen molar-refractivity contribution in [2.24, 2.45) is 5.18 Å². The highest BCUT2D eigenvalue weighted by atomic mass is 16.3. The molecule has 0 radical (unpaired) electrons. The number of nitrogens with one attached hydrogen (secondary N) is 1. The maximum absolute atomic E-state index is 11.4. The Kier molecular flexibility index (Phi) is 2.45. The van der Waals surface area contributed by atoms with E-state index in [-0.39, 0.29) is 5.91 Å². The Labute approximate surface area is 86.9 Å². The molecule has 2 heterocycles. The molecular weight excluding hydrogens is 194 g/mol. The van der Waals surface area contributed by atoms with Crippen LogP contribution in [0.1, 0.15) is 17.5 Å². The van der Waals surface area contributed by atoms with Gasteiger partial charge in [0.05, 0.1) is 0 Å². The van der Waals surface area contributed by atoms with Crippen LogP contribution in [0.25, 0.3) is 0 Å². The van der Waals surface area contributed by atoms with E-state index in [1.54, 1.807) is 6.20 Å². The Hall–Kier alpha value is -1.78. The van der Waals surface area contributed by atoms with Gasteiger partial charge < -0.3 is 5.32 Å². The first kappa shape index (κ1) is 9.76. The van der Waals surface area contributed by atoms with Crippen LogP contribution < -0.4 is 5.32 Å². The smallest absolute Gasteiger partial charge is 0.254 e. The number of nitrogens with zero attached hydrogens (tertiary/aromatic N) is 2. The van der Waals surface area contributed by atoms with Crippen molar-refractivity contribution in [1.29, 1.82) is 0 Å². The van der Waals surface area contributed by atoms with Crippen LogP contribution in [0.5, 0.6) is 0 Å². The summed E-state index contributed by atoms with van der Waals surface area (Å²) in [6.07, 6.45) is 2.79. The number of aromatic nitrogens is 1. The van der Waals surface area contributed by atoms with Crippen molar-refractivity contribution in [2.75, 3.05) is 5.32 Å². The highest BCUT2D eigenvalue weighted by Crippen LogP contribution is 2.21. The Bertz CT molecular complexity index is 417. The number of pyridine rings is 1. The van der Waals surface area contributed by atoms with Crippen LogP contribution in [0, 0.1) is 11.8 Å². The maximum Gasteiger partial charge on any atom is 0.254 e. The number of nitroso groups, excluding NO2 is 1. The van der Waals surface area contributed by atoms with Gasteiger partial charge >= 0.3 is 0 Å². The number of amides is 1. The van der Waals surface area contributed by atoms with Gasteiger partial charge in [-0.25, -0.2) is 4.98 Å². The molecule has 15 heavy (non-hydrogen) atoms. The van der Waals surface area contributed by atoms with Crippen molar-refractivity contribution in [3.05, 3.63) is 28.3 Å². The Morgan fingerprint density at radius 2 is 2.40 bits per heavy atom. The average molecular weight is 205 g/mol. The van der Waals surface area contributed by atoms with E-state index in [1.165, 1.54) is 0 Å². The molecule has 1 aromatic heterocycles. The second kappa shape index (κ2) is 3.76. The minimum absolute atomic E-state index is 0.361. The van der Waals surface area contributed by atoms with Gasteiger partial charge in [0.15, 0.2) is 6.04 Å². The van der Waals surface area contributed by atoms with E-state index in [4.69, 9.17) is 0 Å². The minimum atomic E-state index is -0.792. The molecule has 1 unspecified atom stereocenters. The van der Waals surface area contributed by atoms with E-state index in [2.05, 4.69) is 15.5 Å². The van der Waals surface area contributed by atoms with E-state index < -0.39 is 6.04 Å². The second-order valence-corrected chi connectivity index (χ2v) is 3.67. The predicted molar refractivity (Wildman–Crippen MR) is 55.5 cm³/mol. The molecule has 0 saturated carbocycles. The molecule has 1 atom stereocenters. The van der Waals surface area contributed by atoms with Crippen molar-refractivity contribution in [3.63, 3.8) is 0 Å². The van der Waals surface area contributed by atoms with Gasteiger partial charge in [-0.15, -0.1) is 4.91 Å². The molecule has 78 valence electrons. The van der Waals surface area contributed by atoms with Crippen molar-refractivity contribution in [3.8, 4) is 0 Å². The van der Waals surface area contributed by atoms with Gasteiger partial charge in [0.2, 0.25) is 0 Å². The van der Waals surface area contributed by atoms with E-state index >= 15 is 0 Å². The van der Waals surface area contributed by atoms with Gasteiger partial charge in [-0.3, -0.25) is 4.79 Å². The van der Waals surface area contributed by atoms with Crippen LogP contribution in [-0.2, 0) is 11.2 Å². The molecule has 5 nitrogen and oxygen atoms in total. The summed E-state index contributed by atoms with van der Waals surface area (Å²) < 4.78 is 0. The predicted octanol–water partition coefficient (Wildman–Crippen LogP) is 1.41. The van der Waals surface area contributed by atoms with Crippen LogP contribution in [0.15, 0.2) is 17.4 Å². The zero-order valence-electron chi connectivity index (χ0n) is 8.36. The lowest BCUT2D eigenvalue weighted by Crippen LogP contribution is -2.24. The van der Waals surface area contributed by atoms with Gasteiger partial charge in [0.1, 0.15) is 5.82 Å². The number of carbonyl (C=O) groups is 1. The zero-order valence-corrected chi connectivity index (χ0v) is 8.36. The van der Waals surface area contributed by atoms with E-state index in [0.717, 1.165) is 11.1 Å². The molecule has 0 fully saturated rings. The van der Waals surface area contributed by atoms with E-state index in [9.17, 15) is 9.70 Å². The third-order valence-corrected chi connectivity index (χ3v) is 2.46. The third-order valence-electron chi connectivity index (χ3n) is 2.46. The molecule has 1 aromatic rings. The number of carbonyl (C=O) groups excluding carboxylic acids is 1. The lowest BCUT2D eigenvalue weighted by molar-refractivity contribution is -0.117. The molecule has 0 aliphatic carbocycles. The van der Waals surface area contributed by atoms with Crippen LogP contribution in [-0.4, -0.2) is 16.9 Å². The fraction of sp³-hybridized carbons (Fsp3) is 0.400. The summed E-state index contributed by atoms with van der Waals surface area (Å²) in [5.41, 5.74) is 2.01. The number of fused-ring (bicyclic) bond motifs is 1. The second-order valence-electron chi connectivity index (χ2n) is 3.67. The molecule has 1 amide bonds. The van der Waals surface area contributed by atoms with Gasteiger partial charge in [-0.05, 0) is 30.9 Å². The number of anilines is 1. The van der Waals surface area contributed by atoms with Crippen LogP contribution in [0.3, 0.4) is 0 Å². The number of rotatable bonds is 1. The maximum atomic E-state index is 11.4. The molecule has 0 saturated heterocycles. The van der Waals surface area contributed by atoms with Crippen molar-refractivity contribution in [1.82, 2.24) is 4.98 Å². The third kappa shape index (κ3) is 1.86. The fourth-order valence-electron chi connectivity index (χ4n) is 1.66. The van der Waals surface area contributed by atoms with Gasteiger partial charge in [0, 0.05) is 6.20 Å². The summed E-state index contributed by atoms with van der Waals surface area (Å²) in [4.78, 5) is 26.0. The Morgan fingerprint density at radius 1 is 1.60 bits per heavy atom. The largest absolute Gasteiger partial charge is 0.308 e. The van der Waals surface area contributed by atoms with E-state index in [1.807, 2.05) is 13.0 Å². The standard InChI is InChI=1S/C10H11N3O2/c1-6-4-7-2-3-8(13-15)10(14)12-9(7)11-5-6/h4-5,8H,2-3H2,1H3,(H,11,12,14). The molecular formula is C10H11N3O2. The Morgan fingerprint density at radius 3 is 3.13 bits per heavy atom. The highest BCUT2D eigenvalue weighted by molar-refractivity contribution is 5.95. The van der Waals surface area contributed by atoms with Crippen molar-refractivity contribution < 1.29 is 4.79 Å².